The van der Waals surface area contributed by atoms with Gasteiger partial charge in [-0.15, -0.1) is 11.3 Å². The van der Waals surface area contributed by atoms with Crippen LogP contribution in [0.2, 0.25) is 0 Å². The predicted octanol–water partition coefficient (Wildman–Crippen LogP) is 3.89. The summed E-state index contributed by atoms with van der Waals surface area (Å²) in [6.45, 7) is 2.98. The zero-order chi connectivity index (χ0) is 23.8. The molecule has 178 valence electrons. The molecular formula is C25H27N3O4S2. The molecule has 9 heteroatoms. The molecule has 7 nitrogen and oxygen atoms in total. The van der Waals surface area contributed by atoms with Crippen LogP contribution in [0.25, 0.3) is 15.9 Å². The monoisotopic (exact) mass is 497 g/mol. The average molecular weight is 498 g/mol. The predicted molar refractivity (Wildman–Crippen MR) is 134 cm³/mol. The van der Waals surface area contributed by atoms with Crippen molar-refractivity contribution in [1.82, 2.24) is 14.5 Å². The van der Waals surface area contributed by atoms with Crippen molar-refractivity contribution in [2.45, 2.75) is 55.9 Å². The summed E-state index contributed by atoms with van der Waals surface area (Å²) < 4.78 is 6.40. The molecule has 3 heterocycles. The lowest BCUT2D eigenvalue weighted by atomic mass is 10.1. The lowest BCUT2D eigenvalue weighted by Gasteiger charge is -2.31. The number of likely N-dealkylation sites (tertiary alicyclic amines) is 1. The molecule has 2 aliphatic rings. The number of fused-ring (bicyclic) bond motifs is 3. The van der Waals surface area contributed by atoms with Crippen LogP contribution in [0.5, 0.6) is 0 Å². The molecule has 0 radical (unpaired) electrons. The number of methoxy groups -OCH3 is 1. The third-order valence-electron chi connectivity index (χ3n) is 6.54. The number of aromatic nitrogens is 2. The van der Waals surface area contributed by atoms with E-state index in [1.165, 1.54) is 23.7 Å². The molecule has 1 aliphatic carbocycles. The lowest BCUT2D eigenvalue weighted by Crippen LogP contribution is -2.44. The number of benzene rings is 1. The van der Waals surface area contributed by atoms with Crippen LogP contribution < -0.4 is 5.56 Å². The molecule has 2 aromatic heterocycles. The number of piperidine rings is 1. The van der Waals surface area contributed by atoms with Gasteiger partial charge in [-0.3, -0.25) is 19.0 Å². The highest BCUT2D eigenvalue weighted by Crippen LogP contribution is 2.37. The van der Waals surface area contributed by atoms with E-state index in [1.54, 1.807) is 20.8 Å². The summed E-state index contributed by atoms with van der Waals surface area (Å²) >= 11 is 2.98. The van der Waals surface area contributed by atoms with Gasteiger partial charge in [0.15, 0.2) is 5.16 Å². The molecular weight excluding hydrogens is 470 g/mol. The van der Waals surface area contributed by atoms with Crippen LogP contribution in [0, 0.1) is 6.92 Å². The molecule has 3 aromatic rings. The van der Waals surface area contributed by atoms with E-state index < -0.39 is 0 Å². The fourth-order valence-corrected chi connectivity index (χ4v) is 7.25. The third kappa shape index (κ3) is 4.27. The quantitative estimate of drug-likeness (QED) is 0.380. The van der Waals surface area contributed by atoms with E-state index in [2.05, 4.69) is 0 Å². The van der Waals surface area contributed by atoms with E-state index in [0.29, 0.717) is 24.7 Å². The standard InChI is InChI=1S/C25H27N3O4S2/c1-15-8-10-16(11-9-15)28-24(31)21-17-5-3-6-18(17)33-22(21)26-25(28)34-19-7-4-13-27(23(19)30)14-12-20(29)32-2/h8-11,19H,3-7,12-14H2,1-2H3. The molecule has 1 amide bonds. The number of thiophene rings is 1. The van der Waals surface area contributed by atoms with Gasteiger partial charge >= 0.3 is 5.97 Å². The largest absolute Gasteiger partial charge is 0.469 e. The van der Waals surface area contributed by atoms with Gasteiger partial charge in [0.1, 0.15) is 4.83 Å². The van der Waals surface area contributed by atoms with Crippen LogP contribution in [0.4, 0.5) is 0 Å². The van der Waals surface area contributed by atoms with Crippen LogP contribution in [0.3, 0.4) is 0 Å². The highest BCUT2D eigenvalue weighted by Gasteiger charge is 2.32. The maximum atomic E-state index is 13.8. The second kappa shape index (κ2) is 9.54. The summed E-state index contributed by atoms with van der Waals surface area (Å²) in [5.41, 5.74) is 2.97. The number of carbonyl (C=O) groups excluding carboxylic acids is 2. The van der Waals surface area contributed by atoms with Gasteiger partial charge in [-0.25, -0.2) is 4.98 Å². The average Bonchev–Trinajstić information content (AvgIpc) is 3.41. The summed E-state index contributed by atoms with van der Waals surface area (Å²) in [6.07, 6.45) is 4.73. The highest BCUT2D eigenvalue weighted by molar-refractivity contribution is 8.00. The Morgan fingerprint density at radius 3 is 2.76 bits per heavy atom. The molecule has 0 N–H and O–H groups in total. The molecule has 1 aromatic carbocycles. The fourth-order valence-electron chi connectivity index (χ4n) is 4.72. The molecule has 0 spiro atoms. The van der Waals surface area contributed by atoms with Crippen molar-refractivity contribution >= 4 is 45.2 Å². The number of thioether (sulfide) groups is 1. The van der Waals surface area contributed by atoms with Crippen molar-refractivity contribution in [2.75, 3.05) is 20.2 Å². The molecule has 5 rings (SSSR count). The number of hydrogen-bond acceptors (Lipinski definition) is 7. The Balaban J connectivity index is 1.53. The van der Waals surface area contributed by atoms with Crippen LogP contribution in [0.1, 0.15) is 41.7 Å². The Kier molecular flexibility index (Phi) is 6.48. The molecule has 1 unspecified atom stereocenters. The first-order valence-corrected chi connectivity index (χ1v) is 13.3. The normalized spacial score (nSPS) is 17.9. The van der Waals surface area contributed by atoms with Crippen molar-refractivity contribution in [1.29, 1.82) is 0 Å². The van der Waals surface area contributed by atoms with E-state index in [4.69, 9.17) is 9.72 Å². The van der Waals surface area contributed by atoms with Gasteiger partial charge in [0, 0.05) is 18.0 Å². The van der Waals surface area contributed by atoms with Crippen molar-refractivity contribution in [2.24, 2.45) is 0 Å². The van der Waals surface area contributed by atoms with Gasteiger partial charge in [-0.1, -0.05) is 29.5 Å². The maximum Gasteiger partial charge on any atom is 0.307 e. The number of ether oxygens (including phenoxy) is 1. The molecule has 0 bridgehead atoms. The minimum Gasteiger partial charge on any atom is -0.469 e. The zero-order valence-electron chi connectivity index (χ0n) is 19.3. The number of amides is 1. The number of nitrogens with zero attached hydrogens (tertiary/aromatic N) is 3. The number of aryl methyl sites for hydroxylation is 3. The van der Waals surface area contributed by atoms with Crippen LogP contribution >= 0.6 is 23.1 Å². The van der Waals surface area contributed by atoms with Crippen LogP contribution in [-0.4, -0.2) is 51.8 Å². The zero-order valence-corrected chi connectivity index (χ0v) is 21.0. The summed E-state index contributed by atoms with van der Waals surface area (Å²) in [5, 5.41) is 0.936. The summed E-state index contributed by atoms with van der Waals surface area (Å²) in [4.78, 5) is 47.3. The SMILES string of the molecule is COC(=O)CCN1CCCC(Sc2nc3sc4c(c3c(=O)n2-c2ccc(C)cc2)CCC4)C1=O. The minimum absolute atomic E-state index is 0.0152. The first-order chi connectivity index (χ1) is 16.5. The van der Waals surface area contributed by atoms with E-state index in [-0.39, 0.29) is 29.1 Å². The lowest BCUT2D eigenvalue weighted by molar-refractivity contribution is -0.142. The van der Waals surface area contributed by atoms with Crippen molar-refractivity contribution < 1.29 is 14.3 Å². The van der Waals surface area contributed by atoms with E-state index >= 15 is 0 Å². The molecule has 1 atom stereocenters. The molecule has 34 heavy (non-hydrogen) atoms. The first-order valence-electron chi connectivity index (χ1n) is 11.6. The molecule has 1 aliphatic heterocycles. The van der Waals surface area contributed by atoms with Crippen LogP contribution in [0.15, 0.2) is 34.2 Å². The number of esters is 1. The van der Waals surface area contributed by atoms with Gasteiger partial charge < -0.3 is 9.64 Å². The number of rotatable bonds is 6. The van der Waals surface area contributed by atoms with Crippen molar-refractivity contribution in [3.05, 3.63) is 50.6 Å². The molecule has 1 fully saturated rings. The van der Waals surface area contributed by atoms with Gasteiger partial charge in [-0.2, -0.15) is 0 Å². The third-order valence-corrected chi connectivity index (χ3v) is 8.94. The topological polar surface area (TPSA) is 81.5 Å². The van der Waals surface area contributed by atoms with Gasteiger partial charge in [0.05, 0.1) is 29.9 Å². The minimum atomic E-state index is -0.348. The summed E-state index contributed by atoms with van der Waals surface area (Å²) in [5.74, 6) is -0.340. The number of hydrogen-bond donors (Lipinski definition) is 0. The number of carbonyl (C=O) groups is 2. The maximum absolute atomic E-state index is 13.8. The second-order valence-corrected chi connectivity index (χ2v) is 11.1. The van der Waals surface area contributed by atoms with E-state index in [1.807, 2.05) is 31.2 Å². The first kappa shape index (κ1) is 23.1. The van der Waals surface area contributed by atoms with Gasteiger partial charge in [0.2, 0.25) is 5.91 Å². The van der Waals surface area contributed by atoms with Crippen molar-refractivity contribution in [3.63, 3.8) is 0 Å². The Hall–Kier alpha value is -2.65. The Labute approximate surface area is 206 Å². The second-order valence-electron chi connectivity index (χ2n) is 8.81. The summed E-state index contributed by atoms with van der Waals surface area (Å²) in [7, 11) is 1.35. The van der Waals surface area contributed by atoms with E-state index in [9.17, 15) is 14.4 Å². The molecule has 0 saturated carbocycles. The Bertz CT molecular complexity index is 1310. The molecule has 1 saturated heterocycles. The Morgan fingerprint density at radius 2 is 2.00 bits per heavy atom. The smallest absolute Gasteiger partial charge is 0.307 e. The van der Waals surface area contributed by atoms with Crippen molar-refractivity contribution in [3.8, 4) is 5.69 Å². The van der Waals surface area contributed by atoms with E-state index in [0.717, 1.165) is 52.7 Å². The fraction of sp³-hybridized carbons (Fsp3) is 0.440. The Morgan fingerprint density at radius 1 is 1.21 bits per heavy atom. The summed E-state index contributed by atoms with van der Waals surface area (Å²) in [6, 6.07) is 7.84. The van der Waals surface area contributed by atoms with Crippen LogP contribution in [-0.2, 0) is 27.2 Å². The van der Waals surface area contributed by atoms with Gasteiger partial charge in [0.25, 0.3) is 5.56 Å². The van der Waals surface area contributed by atoms with Gasteiger partial charge in [-0.05, 0) is 56.7 Å². The highest BCUT2D eigenvalue weighted by atomic mass is 32.2.